The number of aromatic nitrogens is 2. The Morgan fingerprint density at radius 2 is 1.53 bits per heavy atom. The molecule has 15 nitrogen and oxygen atoms in total. The maximum Gasteiger partial charge on any atom is 0.356 e. The molecule has 0 aliphatic carbocycles. The fourth-order valence-corrected chi connectivity index (χ4v) is 2.70. The van der Waals surface area contributed by atoms with E-state index >= 15 is 0 Å². The third kappa shape index (κ3) is 5.28. The highest BCUT2D eigenvalue weighted by Crippen LogP contribution is 2.28. The molecule has 0 aliphatic rings. The highest BCUT2D eigenvalue weighted by Gasteiger charge is 2.24. The summed E-state index contributed by atoms with van der Waals surface area (Å²) in [6.07, 6.45) is 0.951. The summed E-state index contributed by atoms with van der Waals surface area (Å²) in [6, 6.07) is 11.2. The molecule has 2 amide bonds. The normalized spacial score (nSPS) is 10.0. The van der Waals surface area contributed by atoms with Crippen molar-refractivity contribution in [1.82, 2.24) is 20.8 Å². The number of hydrazine groups is 2. The Bertz CT molecular complexity index is 1270. The molecule has 1 heterocycles. The number of nitrogens with zero attached hydrogens (tertiary/aromatic N) is 4. The molecular weight excluding hydrogens is 452 g/mol. The molecule has 0 fully saturated rings. The zero-order valence-electron chi connectivity index (χ0n) is 17.3. The van der Waals surface area contributed by atoms with E-state index in [0.29, 0.717) is 0 Å². The Balaban J connectivity index is 1.75. The van der Waals surface area contributed by atoms with Crippen molar-refractivity contribution in [1.29, 1.82) is 0 Å². The number of anilines is 2. The maximum atomic E-state index is 12.4. The Morgan fingerprint density at radius 1 is 0.882 bits per heavy atom. The van der Waals surface area contributed by atoms with Crippen LogP contribution in [0.5, 0.6) is 5.75 Å². The monoisotopic (exact) mass is 468 g/mol. The number of hydrogen-bond acceptors (Lipinski definition) is 11. The number of carbonyl (C=O) groups excluding carboxylic acids is 2. The smallest absolute Gasteiger partial charge is 0.356 e. The summed E-state index contributed by atoms with van der Waals surface area (Å²) in [5.41, 5.74) is 8.18. The lowest BCUT2D eigenvalue weighted by Gasteiger charge is -2.12. The van der Waals surface area contributed by atoms with Gasteiger partial charge in [0, 0.05) is 17.7 Å². The minimum Gasteiger partial charge on any atom is -0.496 e. The van der Waals surface area contributed by atoms with Crippen LogP contribution in [-0.4, -0.2) is 38.7 Å². The number of amides is 2. The maximum absolute atomic E-state index is 12.4. The van der Waals surface area contributed by atoms with Crippen molar-refractivity contribution in [3.05, 3.63) is 86.2 Å². The van der Waals surface area contributed by atoms with Crippen LogP contribution in [0.4, 0.5) is 23.0 Å². The van der Waals surface area contributed by atoms with Crippen molar-refractivity contribution in [2.75, 3.05) is 18.0 Å². The lowest BCUT2D eigenvalue weighted by molar-refractivity contribution is -0.384. The number of benzene rings is 2. The third-order valence-electron chi connectivity index (χ3n) is 4.26. The SMILES string of the molecule is COc1ccccc1C(=O)NNc1ncnc(NNC(=O)c2cccc([N+](=O)[O-])c2)c1[N+](=O)[O-]. The molecule has 2 aromatic carbocycles. The lowest BCUT2D eigenvalue weighted by atomic mass is 10.2. The Morgan fingerprint density at radius 3 is 2.15 bits per heavy atom. The molecule has 0 unspecified atom stereocenters. The molecule has 0 saturated heterocycles. The molecular formula is C19H16N8O7. The van der Waals surface area contributed by atoms with Crippen molar-refractivity contribution >= 4 is 34.8 Å². The zero-order chi connectivity index (χ0) is 24.7. The minimum atomic E-state index is -0.834. The average molecular weight is 468 g/mol. The largest absolute Gasteiger partial charge is 0.496 e. The van der Waals surface area contributed by atoms with E-state index in [1.807, 2.05) is 0 Å². The number of nitrogens with one attached hydrogen (secondary N) is 4. The number of rotatable bonds is 9. The summed E-state index contributed by atoms with van der Waals surface area (Å²) in [6.45, 7) is 0. The van der Waals surface area contributed by atoms with Crippen LogP contribution in [0.1, 0.15) is 20.7 Å². The fraction of sp³-hybridized carbons (Fsp3) is 0.0526. The predicted octanol–water partition coefficient (Wildman–Crippen LogP) is 1.82. The molecule has 1 aromatic heterocycles. The lowest BCUT2D eigenvalue weighted by Crippen LogP contribution is -2.32. The molecule has 0 bridgehead atoms. The van der Waals surface area contributed by atoms with E-state index in [1.54, 1.807) is 18.2 Å². The summed E-state index contributed by atoms with van der Waals surface area (Å²) in [7, 11) is 1.38. The second-order valence-electron chi connectivity index (χ2n) is 6.34. The van der Waals surface area contributed by atoms with Gasteiger partial charge in [-0.2, -0.15) is 0 Å². The molecule has 3 rings (SSSR count). The second kappa shape index (κ2) is 10.3. The first-order valence-corrected chi connectivity index (χ1v) is 9.31. The molecule has 15 heteroatoms. The van der Waals surface area contributed by atoms with Crippen LogP contribution in [0.3, 0.4) is 0 Å². The van der Waals surface area contributed by atoms with E-state index in [0.717, 1.165) is 12.4 Å². The highest BCUT2D eigenvalue weighted by molar-refractivity contribution is 5.98. The van der Waals surface area contributed by atoms with Crippen LogP contribution in [-0.2, 0) is 0 Å². The van der Waals surface area contributed by atoms with Gasteiger partial charge in [-0.3, -0.25) is 51.5 Å². The van der Waals surface area contributed by atoms with Gasteiger partial charge in [-0.15, -0.1) is 0 Å². The van der Waals surface area contributed by atoms with E-state index in [1.165, 1.54) is 31.4 Å². The van der Waals surface area contributed by atoms with E-state index in [4.69, 9.17) is 4.74 Å². The van der Waals surface area contributed by atoms with Gasteiger partial charge in [-0.1, -0.05) is 18.2 Å². The molecule has 174 valence electrons. The number of nitro groups is 2. The molecule has 3 aromatic rings. The van der Waals surface area contributed by atoms with Crippen LogP contribution in [0.25, 0.3) is 0 Å². The predicted molar refractivity (Wildman–Crippen MR) is 117 cm³/mol. The van der Waals surface area contributed by atoms with Crippen LogP contribution >= 0.6 is 0 Å². The quantitative estimate of drug-likeness (QED) is 0.263. The summed E-state index contributed by atoms with van der Waals surface area (Å²) in [5.74, 6) is -1.97. The first kappa shape index (κ1) is 23.3. The molecule has 0 aliphatic heterocycles. The Kier molecular flexibility index (Phi) is 7.08. The van der Waals surface area contributed by atoms with E-state index in [-0.39, 0.29) is 28.4 Å². The summed E-state index contributed by atoms with van der Waals surface area (Å²) < 4.78 is 5.10. The zero-order valence-corrected chi connectivity index (χ0v) is 17.3. The molecule has 0 spiro atoms. The van der Waals surface area contributed by atoms with E-state index in [2.05, 4.69) is 31.7 Å². The van der Waals surface area contributed by atoms with Gasteiger partial charge in [-0.25, -0.2) is 9.97 Å². The second-order valence-corrected chi connectivity index (χ2v) is 6.34. The number of nitro benzene ring substituents is 1. The van der Waals surface area contributed by atoms with Gasteiger partial charge in [0.1, 0.15) is 12.1 Å². The number of para-hydroxylation sites is 1. The molecule has 34 heavy (non-hydrogen) atoms. The van der Waals surface area contributed by atoms with Gasteiger partial charge in [0.15, 0.2) is 0 Å². The number of methoxy groups -OCH3 is 1. The van der Waals surface area contributed by atoms with Crippen LogP contribution in [0.2, 0.25) is 0 Å². The number of non-ortho nitro benzene ring substituents is 1. The first-order valence-electron chi connectivity index (χ1n) is 9.31. The van der Waals surface area contributed by atoms with Crippen molar-refractivity contribution < 1.29 is 24.2 Å². The van der Waals surface area contributed by atoms with Crippen molar-refractivity contribution in [2.24, 2.45) is 0 Å². The average Bonchev–Trinajstić information content (AvgIpc) is 2.85. The molecule has 4 N–H and O–H groups in total. The summed E-state index contributed by atoms with van der Waals surface area (Å²) in [5, 5.41) is 22.5. The van der Waals surface area contributed by atoms with Crippen molar-refractivity contribution in [3.8, 4) is 5.75 Å². The van der Waals surface area contributed by atoms with E-state index in [9.17, 15) is 29.8 Å². The topological polar surface area (TPSA) is 204 Å². The number of ether oxygens (including phenoxy) is 1. The molecule has 0 saturated carbocycles. The van der Waals surface area contributed by atoms with Gasteiger partial charge in [-0.05, 0) is 18.2 Å². The van der Waals surface area contributed by atoms with Crippen molar-refractivity contribution in [2.45, 2.75) is 0 Å². The van der Waals surface area contributed by atoms with Crippen LogP contribution in [0.15, 0.2) is 54.9 Å². The summed E-state index contributed by atoms with van der Waals surface area (Å²) >= 11 is 0. The Labute approximate surface area is 190 Å². The standard InChI is InChI=1S/C19H16N8O7/c1-34-14-8-3-2-7-13(14)19(29)25-23-17-15(27(32)33)16(20-10-21-17)22-24-18(28)11-5-4-6-12(9-11)26(30)31/h2-10H,1H3,(H,24,28)(H,25,29)(H2,20,21,22,23). The minimum absolute atomic E-state index is 0.0687. The van der Waals surface area contributed by atoms with Gasteiger partial charge >= 0.3 is 5.69 Å². The number of hydrogen-bond donors (Lipinski definition) is 4. The van der Waals surface area contributed by atoms with Gasteiger partial charge in [0.25, 0.3) is 17.5 Å². The third-order valence-corrected chi connectivity index (χ3v) is 4.26. The number of carbonyl (C=O) groups is 2. The van der Waals surface area contributed by atoms with Crippen molar-refractivity contribution in [3.63, 3.8) is 0 Å². The van der Waals surface area contributed by atoms with Crippen LogP contribution < -0.4 is 26.4 Å². The van der Waals surface area contributed by atoms with Gasteiger partial charge in [0.2, 0.25) is 11.6 Å². The molecule has 0 radical (unpaired) electrons. The highest BCUT2D eigenvalue weighted by atomic mass is 16.6. The molecule has 0 atom stereocenters. The van der Waals surface area contributed by atoms with Crippen LogP contribution in [0, 0.1) is 20.2 Å². The van der Waals surface area contributed by atoms with E-state index < -0.39 is 33.2 Å². The van der Waals surface area contributed by atoms with Gasteiger partial charge in [0.05, 0.1) is 22.5 Å². The summed E-state index contributed by atoms with van der Waals surface area (Å²) in [4.78, 5) is 53.2. The fourth-order valence-electron chi connectivity index (χ4n) is 2.70. The van der Waals surface area contributed by atoms with Gasteiger partial charge < -0.3 is 4.74 Å². The first-order chi connectivity index (χ1) is 16.3. The Hall–Kier alpha value is -5.34.